The van der Waals surface area contributed by atoms with Crippen LogP contribution in [0.15, 0.2) is 18.2 Å². The van der Waals surface area contributed by atoms with Crippen LogP contribution in [0.3, 0.4) is 0 Å². The van der Waals surface area contributed by atoms with Gasteiger partial charge in [-0.1, -0.05) is 13.8 Å². The third-order valence-electron chi connectivity index (χ3n) is 2.58. The zero-order chi connectivity index (χ0) is 13.8. The number of carbonyl (C=O) groups excluding carboxylic acids is 1. The molecule has 5 nitrogen and oxygen atoms in total. The van der Waals surface area contributed by atoms with E-state index in [4.69, 9.17) is 4.74 Å². The molecule has 1 aromatic rings. The molecule has 0 aromatic heterocycles. The molecule has 1 rings (SSSR count). The molecule has 1 aromatic carbocycles. The van der Waals surface area contributed by atoms with E-state index in [0.29, 0.717) is 6.42 Å². The van der Waals surface area contributed by atoms with E-state index in [2.05, 4.69) is 0 Å². The summed E-state index contributed by atoms with van der Waals surface area (Å²) in [6.07, 6.45) is 0.667. The van der Waals surface area contributed by atoms with Gasteiger partial charge in [0, 0.05) is 12.0 Å². The van der Waals surface area contributed by atoms with Crippen molar-refractivity contribution in [2.45, 2.75) is 32.5 Å². The standard InChI is InChI=1S/C13H18O5/c1-3-7-18-12(15)10-6-5-9(14)8-11(10)13(16,17)4-2/h5-6,8,14,16-17H,3-4,7H2,1-2H3. The molecule has 0 spiro atoms. The molecule has 0 radical (unpaired) electrons. The number of aromatic hydroxyl groups is 1. The molecule has 100 valence electrons. The van der Waals surface area contributed by atoms with E-state index in [9.17, 15) is 20.1 Å². The van der Waals surface area contributed by atoms with Crippen LogP contribution in [0, 0.1) is 0 Å². The Kier molecular flexibility index (Phi) is 4.69. The minimum atomic E-state index is -2.17. The number of hydrogen-bond acceptors (Lipinski definition) is 5. The van der Waals surface area contributed by atoms with E-state index >= 15 is 0 Å². The van der Waals surface area contributed by atoms with Gasteiger partial charge in [-0.3, -0.25) is 0 Å². The van der Waals surface area contributed by atoms with Crippen LogP contribution in [0.5, 0.6) is 5.75 Å². The summed E-state index contributed by atoms with van der Waals surface area (Å²) >= 11 is 0. The van der Waals surface area contributed by atoms with E-state index in [1.54, 1.807) is 6.92 Å². The van der Waals surface area contributed by atoms with Crippen molar-refractivity contribution in [3.63, 3.8) is 0 Å². The molecule has 18 heavy (non-hydrogen) atoms. The van der Waals surface area contributed by atoms with Gasteiger partial charge in [0.2, 0.25) is 0 Å². The maximum Gasteiger partial charge on any atom is 0.338 e. The molecule has 0 unspecified atom stereocenters. The second-order valence-corrected chi connectivity index (χ2v) is 4.04. The van der Waals surface area contributed by atoms with Gasteiger partial charge < -0.3 is 20.1 Å². The Morgan fingerprint density at radius 3 is 2.56 bits per heavy atom. The van der Waals surface area contributed by atoms with Gasteiger partial charge in [0.15, 0.2) is 5.79 Å². The van der Waals surface area contributed by atoms with Gasteiger partial charge in [-0.05, 0) is 24.6 Å². The van der Waals surface area contributed by atoms with Gasteiger partial charge in [-0.25, -0.2) is 4.79 Å². The largest absolute Gasteiger partial charge is 0.508 e. The highest BCUT2D eigenvalue weighted by atomic mass is 16.5. The number of ether oxygens (including phenoxy) is 1. The molecule has 0 fully saturated rings. The topological polar surface area (TPSA) is 87.0 Å². The number of phenolic OH excluding ortho intramolecular Hbond substituents is 1. The van der Waals surface area contributed by atoms with Crippen LogP contribution in [-0.2, 0) is 10.5 Å². The quantitative estimate of drug-likeness (QED) is 0.547. The van der Waals surface area contributed by atoms with Crippen molar-refractivity contribution in [1.82, 2.24) is 0 Å². The monoisotopic (exact) mass is 254 g/mol. The number of rotatable bonds is 5. The lowest BCUT2D eigenvalue weighted by Gasteiger charge is -2.22. The Morgan fingerprint density at radius 1 is 1.33 bits per heavy atom. The Morgan fingerprint density at radius 2 is 2.00 bits per heavy atom. The van der Waals surface area contributed by atoms with Crippen molar-refractivity contribution in [2.75, 3.05) is 6.61 Å². The van der Waals surface area contributed by atoms with Crippen molar-refractivity contribution in [3.8, 4) is 5.75 Å². The van der Waals surface area contributed by atoms with Crippen molar-refractivity contribution < 1.29 is 24.9 Å². The molecular formula is C13H18O5. The molecule has 0 amide bonds. The van der Waals surface area contributed by atoms with Gasteiger partial charge in [0.05, 0.1) is 12.2 Å². The minimum Gasteiger partial charge on any atom is -0.508 e. The average Bonchev–Trinajstić information content (AvgIpc) is 2.35. The van der Waals surface area contributed by atoms with E-state index in [-0.39, 0.29) is 29.9 Å². The highest BCUT2D eigenvalue weighted by Crippen LogP contribution is 2.29. The molecular weight excluding hydrogens is 236 g/mol. The molecule has 0 saturated carbocycles. The fraction of sp³-hybridized carbons (Fsp3) is 0.462. The fourth-order valence-corrected chi connectivity index (χ4v) is 1.50. The predicted molar refractivity (Wildman–Crippen MR) is 65.1 cm³/mol. The van der Waals surface area contributed by atoms with Crippen molar-refractivity contribution in [1.29, 1.82) is 0 Å². The molecule has 0 saturated heterocycles. The lowest BCUT2D eigenvalue weighted by Crippen LogP contribution is -2.27. The van der Waals surface area contributed by atoms with E-state index in [1.165, 1.54) is 12.1 Å². The van der Waals surface area contributed by atoms with Crippen LogP contribution in [0.4, 0.5) is 0 Å². The summed E-state index contributed by atoms with van der Waals surface area (Å²) in [6, 6.07) is 3.78. The second kappa shape index (κ2) is 5.84. The predicted octanol–water partition coefficient (Wildman–Crippen LogP) is 1.51. The van der Waals surface area contributed by atoms with Gasteiger partial charge >= 0.3 is 5.97 Å². The lowest BCUT2D eigenvalue weighted by molar-refractivity contribution is -0.171. The summed E-state index contributed by atoms with van der Waals surface area (Å²) < 4.78 is 4.95. The zero-order valence-corrected chi connectivity index (χ0v) is 10.5. The first-order valence-electron chi connectivity index (χ1n) is 5.87. The smallest absolute Gasteiger partial charge is 0.338 e. The summed E-state index contributed by atoms with van der Waals surface area (Å²) in [5, 5.41) is 29.0. The number of phenols is 1. The molecule has 0 aliphatic heterocycles. The zero-order valence-electron chi connectivity index (χ0n) is 10.5. The Bertz CT molecular complexity index is 425. The number of esters is 1. The first-order valence-corrected chi connectivity index (χ1v) is 5.87. The summed E-state index contributed by atoms with van der Waals surface area (Å²) in [4.78, 5) is 11.8. The molecule has 0 aliphatic rings. The minimum absolute atomic E-state index is 0.00941. The van der Waals surface area contributed by atoms with E-state index < -0.39 is 11.8 Å². The number of carbonyl (C=O) groups is 1. The van der Waals surface area contributed by atoms with Gasteiger partial charge in [0.25, 0.3) is 0 Å². The number of hydrogen-bond donors (Lipinski definition) is 3. The summed E-state index contributed by atoms with van der Waals surface area (Å²) in [5.41, 5.74) is -0.000738. The van der Waals surface area contributed by atoms with E-state index in [0.717, 1.165) is 6.07 Å². The third-order valence-corrected chi connectivity index (χ3v) is 2.58. The maximum absolute atomic E-state index is 11.8. The number of aliphatic hydroxyl groups is 2. The van der Waals surface area contributed by atoms with E-state index in [1.807, 2.05) is 6.92 Å². The first kappa shape index (κ1) is 14.5. The Hall–Kier alpha value is -1.59. The summed E-state index contributed by atoms with van der Waals surface area (Å²) in [7, 11) is 0. The molecule has 0 heterocycles. The summed E-state index contributed by atoms with van der Waals surface area (Å²) in [5.74, 6) is -2.94. The Balaban J connectivity index is 3.15. The fourth-order valence-electron chi connectivity index (χ4n) is 1.50. The van der Waals surface area contributed by atoms with Crippen molar-refractivity contribution in [2.24, 2.45) is 0 Å². The Labute approximate surface area is 106 Å². The lowest BCUT2D eigenvalue weighted by atomic mass is 9.97. The molecule has 0 atom stereocenters. The van der Waals surface area contributed by atoms with Crippen molar-refractivity contribution >= 4 is 5.97 Å². The average molecular weight is 254 g/mol. The molecule has 0 bridgehead atoms. The van der Waals surface area contributed by atoms with Crippen LogP contribution in [-0.4, -0.2) is 27.9 Å². The molecule has 5 heteroatoms. The SMILES string of the molecule is CCCOC(=O)c1ccc(O)cc1C(O)(O)CC. The third kappa shape index (κ3) is 3.21. The maximum atomic E-state index is 11.8. The molecule has 0 aliphatic carbocycles. The highest BCUT2D eigenvalue weighted by Gasteiger charge is 2.29. The van der Waals surface area contributed by atoms with Gasteiger partial charge in [-0.2, -0.15) is 0 Å². The van der Waals surface area contributed by atoms with Crippen LogP contribution in [0.2, 0.25) is 0 Å². The second-order valence-electron chi connectivity index (χ2n) is 4.04. The van der Waals surface area contributed by atoms with Gasteiger partial charge in [0.1, 0.15) is 5.75 Å². The van der Waals surface area contributed by atoms with Crippen molar-refractivity contribution in [3.05, 3.63) is 29.3 Å². The van der Waals surface area contributed by atoms with Crippen LogP contribution < -0.4 is 0 Å². The van der Waals surface area contributed by atoms with Crippen LogP contribution in [0.25, 0.3) is 0 Å². The first-order chi connectivity index (χ1) is 8.42. The normalized spacial score (nSPS) is 11.3. The van der Waals surface area contributed by atoms with Gasteiger partial charge in [-0.15, -0.1) is 0 Å². The molecule has 3 N–H and O–H groups in total. The van der Waals surface area contributed by atoms with Crippen LogP contribution in [0.1, 0.15) is 42.6 Å². The number of benzene rings is 1. The van der Waals surface area contributed by atoms with Crippen LogP contribution >= 0.6 is 0 Å². The summed E-state index contributed by atoms with van der Waals surface area (Å²) in [6.45, 7) is 3.68. The highest BCUT2D eigenvalue weighted by molar-refractivity contribution is 5.91.